The van der Waals surface area contributed by atoms with Crippen molar-refractivity contribution in [1.29, 1.82) is 0 Å². The van der Waals surface area contributed by atoms with Gasteiger partial charge in [0.15, 0.2) is 6.10 Å². The van der Waals surface area contributed by atoms with Gasteiger partial charge in [-0.15, -0.1) is 0 Å². The fourth-order valence-electron chi connectivity index (χ4n) is 2.82. The molecule has 28 heavy (non-hydrogen) atoms. The van der Waals surface area contributed by atoms with Crippen LogP contribution in [0.3, 0.4) is 0 Å². The lowest BCUT2D eigenvalue weighted by atomic mass is 10.2. The number of hydrogen-bond donors (Lipinski definition) is 1. The van der Waals surface area contributed by atoms with Crippen LogP contribution in [-0.2, 0) is 23.9 Å². The maximum Gasteiger partial charge on any atom is 0.355 e. The minimum atomic E-state index is -1.01. The van der Waals surface area contributed by atoms with E-state index < -0.39 is 18.0 Å². The third-order valence-electron chi connectivity index (χ3n) is 4.31. The summed E-state index contributed by atoms with van der Waals surface area (Å²) in [5.41, 5.74) is 0.669. The maximum atomic E-state index is 12.6. The van der Waals surface area contributed by atoms with Crippen molar-refractivity contribution in [2.24, 2.45) is 0 Å². The Labute approximate surface area is 164 Å². The SMILES string of the molecule is CC(=O)N/C(=C\c1ccccc1)C(=O)OC(C)C(=O)N1CCN(C(C)=O)CC1. The van der Waals surface area contributed by atoms with Crippen molar-refractivity contribution < 1.29 is 23.9 Å². The maximum absolute atomic E-state index is 12.6. The number of carbonyl (C=O) groups excluding carboxylic acids is 4. The molecule has 1 aliphatic rings. The van der Waals surface area contributed by atoms with Crippen LogP contribution in [0.4, 0.5) is 0 Å². The molecule has 150 valence electrons. The molecule has 0 spiro atoms. The Morgan fingerprint density at radius 3 is 2.11 bits per heavy atom. The first-order valence-electron chi connectivity index (χ1n) is 9.07. The standard InChI is InChI=1S/C20H25N3O5/c1-14(19(26)23-11-9-22(10-12-23)16(3)25)28-20(27)18(21-15(2)24)13-17-7-5-4-6-8-17/h4-8,13-14H,9-12H2,1-3H3,(H,21,24)/b18-13-. The van der Waals surface area contributed by atoms with E-state index in [1.54, 1.807) is 34.1 Å². The molecule has 3 amide bonds. The highest BCUT2D eigenvalue weighted by Crippen LogP contribution is 2.10. The molecule has 1 aromatic rings. The Morgan fingerprint density at radius 1 is 1.00 bits per heavy atom. The number of hydrogen-bond acceptors (Lipinski definition) is 5. The predicted molar refractivity (Wildman–Crippen MR) is 103 cm³/mol. The first kappa shape index (κ1) is 21.1. The highest BCUT2D eigenvalue weighted by atomic mass is 16.5. The number of nitrogens with zero attached hydrogens (tertiary/aromatic N) is 2. The minimum absolute atomic E-state index is 0.0300. The summed E-state index contributed by atoms with van der Waals surface area (Å²) in [6, 6.07) is 8.99. The summed E-state index contributed by atoms with van der Waals surface area (Å²) in [5.74, 6) is -1.57. The molecule has 8 heteroatoms. The fraction of sp³-hybridized carbons (Fsp3) is 0.400. The van der Waals surface area contributed by atoms with Gasteiger partial charge in [-0.25, -0.2) is 4.79 Å². The van der Waals surface area contributed by atoms with Gasteiger partial charge >= 0.3 is 5.97 Å². The van der Waals surface area contributed by atoms with E-state index in [9.17, 15) is 19.2 Å². The molecule has 1 heterocycles. The van der Waals surface area contributed by atoms with Crippen molar-refractivity contribution in [2.75, 3.05) is 26.2 Å². The Kier molecular flexibility index (Phi) is 7.31. The molecule has 1 aromatic carbocycles. The van der Waals surface area contributed by atoms with E-state index in [-0.39, 0.29) is 17.5 Å². The van der Waals surface area contributed by atoms with Crippen molar-refractivity contribution >= 4 is 29.8 Å². The van der Waals surface area contributed by atoms with Crippen molar-refractivity contribution in [1.82, 2.24) is 15.1 Å². The average molecular weight is 387 g/mol. The van der Waals surface area contributed by atoms with Gasteiger partial charge in [-0.1, -0.05) is 30.3 Å². The molecular formula is C20H25N3O5. The summed E-state index contributed by atoms with van der Waals surface area (Å²) in [4.78, 5) is 51.1. The summed E-state index contributed by atoms with van der Waals surface area (Å²) in [6.07, 6.45) is 0.483. The minimum Gasteiger partial charge on any atom is -0.448 e. The smallest absolute Gasteiger partial charge is 0.355 e. The second-order valence-electron chi connectivity index (χ2n) is 6.53. The van der Waals surface area contributed by atoms with Crippen LogP contribution in [0, 0.1) is 0 Å². The lowest BCUT2D eigenvalue weighted by Crippen LogP contribution is -2.52. The van der Waals surface area contributed by atoms with Crippen LogP contribution < -0.4 is 5.32 Å². The van der Waals surface area contributed by atoms with Gasteiger partial charge in [-0.05, 0) is 18.6 Å². The van der Waals surface area contributed by atoms with Gasteiger partial charge in [0.05, 0.1) is 0 Å². The summed E-state index contributed by atoms with van der Waals surface area (Å²) in [5, 5.41) is 2.45. The van der Waals surface area contributed by atoms with Gasteiger partial charge in [-0.3, -0.25) is 14.4 Å². The molecule has 0 aliphatic carbocycles. The number of ether oxygens (including phenoxy) is 1. The quantitative estimate of drug-likeness (QED) is 0.595. The van der Waals surface area contributed by atoms with Crippen LogP contribution in [-0.4, -0.2) is 65.8 Å². The van der Waals surface area contributed by atoms with Crippen LogP contribution in [0.25, 0.3) is 6.08 Å². The van der Waals surface area contributed by atoms with Crippen molar-refractivity contribution in [3.8, 4) is 0 Å². The van der Waals surface area contributed by atoms with Gasteiger partial charge in [0.1, 0.15) is 5.70 Å². The highest BCUT2D eigenvalue weighted by Gasteiger charge is 2.28. The molecule has 1 N–H and O–H groups in total. The van der Waals surface area contributed by atoms with Crippen molar-refractivity contribution in [2.45, 2.75) is 26.9 Å². The van der Waals surface area contributed by atoms with E-state index in [1.165, 1.54) is 26.8 Å². The van der Waals surface area contributed by atoms with Crippen LogP contribution >= 0.6 is 0 Å². The normalized spacial score (nSPS) is 15.6. The number of carbonyl (C=O) groups is 4. The number of amides is 3. The Balaban J connectivity index is 2.02. The largest absolute Gasteiger partial charge is 0.448 e. The average Bonchev–Trinajstić information content (AvgIpc) is 2.67. The second kappa shape index (κ2) is 9.68. The van der Waals surface area contributed by atoms with Gasteiger partial charge in [0, 0.05) is 40.0 Å². The lowest BCUT2D eigenvalue weighted by molar-refractivity contribution is -0.157. The molecule has 0 saturated carbocycles. The molecule has 0 bridgehead atoms. The number of benzene rings is 1. The van der Waals surface area contributed by atoms with Crippen LogP contribution in [0.15, 0.2) is 36.0 Å². The van der Waals surface area contributed by atoms with Crippen LogP contribution in [0.1, 0.15) is 26.3 Å². The number of rotatable bonds is 5. The van der Waals surface area contributed by atoms with Crippen molar-refractivity contribution in [3.05, 3.63) is 41.6 Å². The summed E-state index contributed by atoms with van der Waals surface area (Å²) < 4.78 is 5.28. The van der Waals surface area contributed by atoms with E-state index in [0.29, 0.717) is 31.7 Å². The Bertz CT molecular complexity index is 767. The third-order valence-corrected chi connectivity index (χ3v) is 4.31. The van der Waals surface area contributed by atoms with Crippen LogP contribution in [0.5, 0.6) is 0 Å². The highest BCUT2D eigenvalue weighted by molar-refractivity contribution is 5.98. The lowest BCUT2D eigenvalue weighted by Gasteiger charge is -2.35. The molecule has 1 saturated heterocycles. The van der Waals surface area contributed by atoms with Gasteiger partial charge in [0.2, 0.25) is 11.8 Å². The molecule has 1 aliphatic heterocycles. The number of piperazine rings is 1. The third kappa shape index (κ3) is 5.94. The molecule has 1 atom stereocenters. The zero-order chi connectivity index (χ0) is 20.7. The second-order valence-corrected chi connectivity index (χ2v) is 6.53. The topological polar surface area (TPSA) is 96.0 Å². The molecule has 8 nitrogen and oxygen atoms in total. The van der Waals surface area contributed by atoms with Gasteiger partial charge < -0.3 is 19.9 Å². The number of nitrogens with one attached hydrogen (secondary N) is 1. The first-order valence-corrected chi connectivity index (χ1v) is 9.07. The molecular weight excluding hydrogens is 362 g/mol. The zero-order valence-electron chi connectivity index (χ0n) is 16.3. The van der Waals surface area contributed by atoms with E-state index >= 15 is 0 Å². The molecule has 1 unspecified atom stereocenters. The van der Waals surface area contributed by atoms with Crippen molar-refractivity contribution in [3.63, 3.8) is 0 Å². The molecule has 0 aromatic heterocycles. The fourth-order valence-corrected chi connectivity index (χ4v) is 2.82. The summed E-state index contributed by atoms with van der Waals surface area (Å²) >= 11 is 0. The molecule has 1 fully saturated rings. The van der Waals surface area contributed by atoms with Crippen LogP contribution in [0.2, 0.25) is 0 Å². The van der Waals surface area contributed by atoms with E-state index in [2.05, 4.69) is 5.32 Å². The van der Waals surface area contributed by atoms with E-state index in [1.807, 2.05) is 6.07 Å². The van der Waals surface area contributed by atoms with Gasteiger partial charge in [-0.2, -0.15) is 0 Å². The Hall–Kier alpha value is -3.16. The molecule has 0 radical (unpaired) electrons. The van der Waals surface area contributed by atoms with E-state index in [4.69, 9.17) is 4.74 Å². The number of esters is 1. The molecule has 2 rings (SSSR count). The zero-order valence-corrected chi connectivity index (χ0v) is 16.3. The summed E-state index contributed by atoms with van der Waals surface area (Å²) in [7, 11) is 0. The Morgan fingerprint density at radius 2 is 1.57 bits per heavy atom. The first-order chi connectivity index (χ1) is 13.3. The summed E-state index contributed by atoms with van der Waals surface area (Å²) in [6.45, 7) is 5.95. The predicted octanol–water partition coefficient (Wildman–Crippen LogP) is 0.786. The van der Waals surface area contributed by atoms with Gasteiger partial charge in [0.25, 0.3) is 5.91 Å². The monoisotopic (exact) mass is 387 g/mol. The van der Waals surface area contributed by atoms with E-state index in [0.717, 1.165) is 0 Å².